The van der Waals surface area contributed by atoms with Gasteiger partial charge in [-0.05, 0) is 42.0 Å². The van der Waals surface area contributed by atoms with Crippen LogP contribution in [0.1, 0.15) is 11.6 Å². The van der Waals surface area contributed by atoms with Crippen molar-refractivity contribution in [2.45, 2.75) is 6.04 Å². The van der Waals surface area contributed by atoms with E-state index in [1.807, 2.05) is 0 Å². The quantitative estimate of drug-likeness (QED) is 0.354. The maximum Gasteiger partial charge on any atom is 0.322 e. The summed E-state index contributed by atoms with van der Waals surface area (Å²) in [6.45, 7) is -0.120. The molecule has 1 fully saturated rings. The number of rotatable bonds is 4. The fourth-order valence-corrected chi connectivity index (χ4v) is 2.08. The monoisotopic (exact) mass is 359 g/mol. The standard InChI is InChI=1S/C9H8N2O3.C8H9NO3/c12-6-3-1-5(2-4-6)7-8(13)11-9(14)10-7;10-7-3-1-6(2-4-7)9-5-8(11)12/h1-4,7,12H,(H2,10,11,13,14);1-4,9-10H,5H2,(H,11,12). The van der Waals surface area contributed by atoms with Crippen molar-refractivity contribution >= 4 is 23.6 Å². The Kier molecular flexibility index (Phi) is 5.99. The summed E-state index contributed by atoms with van der Waals surface area (Å²) in [6.07, 6.45) is 0. The second-order valence-corrected chi connectivity index (χ2v) is 5.28. The molecule has 2 aromatic carbocycles. The highest BCUT2D eigenvalue weighted by Gasteiger charge is 2.30. The number of aromatic hydroxyl groups is 2. The SMILES string of the molecule is O=C(O)CNc1ccc(O)cc1.O=C1NC(=O)C(c2ccc(O)cc2)N1. The van der Waals surface area contributed by atoms with Gasteiger partial charge in [-0.25, -0.2) is 4.79 Å². The molecule has 0 radical (unpaired) electrons. The number of amides is 3. The van der Waals surface area contributed by atoms with E-state index in [0.717, 1.165) is 0 Å². The molecule has 9 heteroatoms. The molecule has 0 saturated carbocycles. The third-order valence-corrected chi connectivity index (χ3v) is 3.31. The van der Waals surface area contributed by atoms with Gasteiger partial charge in [-0.3, -0.25) is 14.9 Å². The largest absolute Gasteiger partial charge is 0.508 e. The van der Waals surface area contributed by atoms with Crippen LogP contribution in [-0.4, -0.2) is 39.8 Å². The first-order chi connectivity index (χ1) is 12.3. The van der Waals surface area contributed by atoms with Crippen LogP contribution < -0.4 is 16.0 Å². The molecule has 1 aliphatic rings. The summed E-state index contributed by atoms with van der Waals surface area (Å²) in [5, 5.41) is 33.5. The third-order valence-electron chi connectivity index (χ3n) is 3.31. The van der Waals surface area contributed by atoms with E-state index in [-0.39, 0.29) is 24.0 Å². The number of nitrogens with one attached hydrogen (secondary N) is 3. The first-order valence-corrected chi connectivity index (χ1v) is 7.50. The summed E-state index contributed by atoms with van der Waals surface area (Å²) in [7, 11) is 0. The molecule has 0 aliphatic carbocycles. The number of hydrogen-bond acceptors (Lipinski definition) is 6. The smallest absolute Gasteiger partial charge is 0.322 e. The molecule has 0 bridgehead atoms. The summed E-state index contributed by atoms with van der Waals surface area (Å²) in [4.78, 5) is 32.2. The van der Waals surface area contributed by atoms with Gasteiger partial charge in [0, 0.05) is 5.69 Å². The van der Waals surface area contributed by atoms with Crippen LogP contribution in [0.15, 0.2) is 48.5 Å². The number of phenolic OH excluding ortho intramolecular Hbond substituents is 2. The van der Waals surface area contributed by atoms with Crippen molar-refractivity contribution in [3.05, 3.63) is 54.1 Å². The number of anilines is 1. The number of carbonyl (C=O) groups excluding carboxylic acids is 2. The van der Waals surface area contributed by atoms with Crippen LogP contribution in [0.5, 0.6) is 11.5 Å². The van der Waals surface area contributed by atoms with Crippen LogP contribution in [0.2, 0.25) is 0 Å². The first-order valence-electron chi connectivity index (χ1n) is 7.50. The van der Waals surface area contributed by atoms with Crippen LogP contribution in [0.25, 0.3) is 0 Å². The topological polar surface area (TPSA) is 148 Å². The molecule has 1 unspecified atom stereocenters. The van der Waals surface area contributed by atoms with Gasteiger partial charge in [-0.1, -0.05) is 12.1 Å². The summed E-state index contributed by atoms with van der Waals surface area (Å²) in [5.74, 6) is -1.00. The number of phenols is 2. The minimum Gasteiger partial charge on any atom is -0.508 e. The Hall–Kier alpha value is -3.75. The van der Waals surface area contributed by atoms with Crippen molar-refractivity contribution in [2.24, 2.45) is 0 Å². The van der Waals surface area contributed by atoms with E-state index < -0.39 is 18.0 Å². The minimum absolute atomic E-state index is 0.120. The van der Waals surface area contributed by atoms with E-state index in [1.54, 1.807) is 24.3 Å². The molecule has 1 atom stereocenters. The van der Waals surface area contributed by atoms with Gasteiger partial charge < -0.3 is 26.0 Å². The van der Waals surface area contributed by atoms with Crippen LogP contribution in [-0.2, 0) is 9.59 Å². The lowest BCUT2D eigenvalue weighted by Gasteiger charge is -2.06. The van der Waals surface area contributed by atoms with Crippen molar-refractivity contribution in [3.8, 4) is 11.5 Å². The van der Waals surface area contributed by atoms with E-state index in [0.29, 0.717) is 11.3 Å². The molecule has 6 N–H and O–H groups in total. The predicted molar refractivity (Wildman–Crippen MR) is 91.8 cm³/mol. The molecule has 3 amide bonds. The fraction of sp³-hybridized carbons (Fsp3) is 0.118. The number of carbonyl (C=O) groups is 3. The maximum absolute atomic E-state index is 11.2. The number of carboxylic acids is 1. The highest BCUT2D eigenvalue weighted by Crippen LogP contribution is 2.19. The normalized spacial score (nSPS) is 15.3. The molecule has 0 spiro atoms. The van der Waals surface area contributed by atoms with Gasteiger partial charge in [-0.2, -0.15) is 0 Å². The number of aliphatic carboxylic acids is 1. The second-order valence-electron chi connectivity index (χ2n) is 5.28. The molecular formula is C17H17N3O6. The summed E-state index contributed by atoms with van der Waals surface area (Å²) in [5.41, 5.74) is 1.32. The van der Waals surface area contributed by atoms with Gasteiger partial charge in [0.15, 0.2) is 0 Å². The Bertz CT molecular complexity index is 789. The van der Waals surface area contributed by atoms with Crippen molar-refractivity contribution in [1.29, 1.82) is 0 Å². The highest BCUT2D eigenvalue weighted by atomic mass is 16.4. The number of hydrogen-bond donors (Lipinski definition) is 6. The van der Waals surface area contributed by atoms with Crippen molar-refractivity contribution in [2.75, 3.05) is 11.9 Å². The average Bonchev–Trinajstić information content (AvgIpc) is 2.94. The van der Waals surface area contributed by atoms with E-state index in [4.69, 9.17) is 15.3 Å². The zero-order chi connectivity index (χ0) is 19.1. The molecule has 1 aliphatic heterocycles. The Morgan fingerprint density at radius 1 is 0.962 bits per heavy atom. The lowest BCUT2D eigenvalue weighted by Crippen LogP contribution is -2.22. The van der Waals surface area contributed by atoms with Crippen LogP contribution in [0.3, 0.4) is 0 Å². The van der Waals surface area contributed by atoms with E-state index in [2.05, 4.69) is 16.0 Å². The second kappa shape index (κ2) is 8.38. The number of urea groups is 1. The lowest BCUT2D eigenvalue weighted by atomic mass is 10.1. The lowest BCUT2D eigenvalue weighted by molar-refractivity contribution is -0.135. The Morgan fingerprint density at radius 2 is 1.50 bits per heavy atom. The van der Waals surface area contributed by atoms with Crippen molar-refractivity contribution in [1.82, 2.24) is 10.6 Å². The molecule has 1 heterocycles. The van der Waals surface area contributed by atoms with Crippen LogP contribution in [0, 0.1) is 0 Å². The van der Waals surface area contributed by atoms with Gasteiger partial charge in [0.1, 0.15) is 24.1 Å². The molecule has 0 aromatic heterocycles. The highest BCUT2D eigenvalue weighted by molar-refractivity contribution is 6.04. The zero-order valence-corrected chi connectivity index (χ0v) is 13.5. The Balaban J connectivity index is 0.000000190. The molecule has 3 rings (SSSR count). The Morgan fingerprint density at radius 3 is 1.96 bits per heavy atom. The Labute approximate surface area is 148 Å². The molecule has 26 heavy (non-hydrogen) atoms. The molecule has 9 nitrogen and oxygen atoms in total. The number of imide groups is 1. The zero-order valence-electron chi connectivity index (χ0n) is 13.5. The van der Waals surface area contributed by atoms with Crippen LogP contribution in [0.4, 0.5) is 10.5 Å². The van der Waals surface area contributed by atoms with Gasteiger partial charge in [0.25, 0.3) is 5.91 Å². The van der Waals surface area contributed by atoms with Gasteiger partial charge in [0.05, 0.1) is 0 Å². The molecule has 2 aromatic rings. The predicted octanol–water partition coefficient (Wildman–Crippen LogP) is 1.16. The number of carboxylic acid groups (broad SMARTS) is 1. The van der Waals surface area contributed by atoms with E-state index in [1.165, 1.54) is 24.3 Å². The molecular weight excluding hydrogens is 342 g/mol. The molecule has 1 saturated heterocycles. The fourth-order valence-electron chi connectivity index (χ4n) is 2.08. The van der Waals surface area contributed by atoms with E-state index in [9.17, 15) is 14.4 Å². The maximum atomic E-state index is 11.2. The van der Waals surface area contributed by atoms with Crippen molar-refractivity contribution in [3.63, 3.8) is 0 Å². The molecule has 136 valence electrons. The van der Waals surface area contributed by atoms with E-state index >= 15 is 0 Å². The van der Waals surface area contributed by atoms with Gasteiger partial charge in [0.2, 0.25) is 0 Å². The summed E-state index contributed by atoms with van der Waals surface area (Å²) < 4.78 is 0. The first kappa shape index (κ1) is 18.6. The third kappa shape index (κ3) is 5.41. The minimum atomic E-state index is -0.914. The summed E-state index contributed by atoms with van der Waals surface area (Å²) >= 11 is 0. The van der Waals surface area contributed by atoms with Crippen molar-refractivity contribution < 1.29 is 29.7 Å². The van der Waals surface area contributed by atoms with Gasteiger partial charge in [-0.15, -0.1) is 0 Å². The average molecular weight is 359 g/mol. The number of benzene rings is 2. The van der Waals surface area contributed by atoms with Gasteiger partial charge >= 0.3 is 12.0 Å². The van der Waals surface area contributed by atoms with Crippen LogP contribution >= 0.6 is 0 Å². The summed E-state index contributed by atoms with van der Waals surface area (Å²) in [6, 6.07) is 11.2.